The molecular formula is C30H23F3O. The third-order valence-corrected chi connectivity index (χ3v) is 5.49. The van der Waals surface area contributed by atoms with E-state index in [0.29, 0.717) is 23.3 Å². The van der Waals surface area contributed by atoms with E-state index in [9.17, 15) is 13.2 Å². The lowest BCUT2D eigenvalue weighted by atomic mass is 9.97. The predicted octanol–water partition coefficient (Wildman–Crippen LogP) is 8.65. The second-order valence-electron chi connectivity index (χ2n) is 7.69. The summed E-state index contributed by atoms with van der Waals surface area (Å²) in [7, 11) is 0. The molecule has 0 unspecified atom stereocenters. The van der Waals surface area contributed by atoms with Crippen molar-refractivity contribution in [2.75, 3.05) is 6.61 Å². The van der Waals surface area contributed by atoms with Crippen LogP contribution in [0.3, 0.4) is 0 Å². The molecule has 34 heavy (non-hydrogen) atoms. The Hall–Kier alpha value is -4.05. The zero-order chi connectivity index (χ0) is 24.1. The van der Waals surface area contributed by atoms with E-state index in [4.69, 9.17) is 4.74 Å². The lowest BCUT2D eigenvalue weighted by molar-refractivity contribution is 0.321. The first kappa shape index (κ1) is 23.1. The molecule has 4 aromatic carbocycles. The van der Waals surface area contributed by atoms with Crippen LogP contribution in [0.4, 0.5) is 13.2 Å². The molecule has 0 heterocycles. The second kappa shape index (κ2) is 10.3. The Bertz CT molecular complexity index is 1340. The van der Waals surface area contributed by atoms with Crippen LogP contribution in [0.2, 0.25) is 0 Å². The summed E-state index contributed by atoms with van der Waals surface area (Å²) < 4.78 is 49.0. The van der Waals surface area contributed by atoms with Crippen LogP contribution in [-0.2, 0) is 0 Å². The van der Waals surface area contributed by atoms with Crippen LogP contribution >= 0.6 is 0 Å². The topological polar surface area (TPSA) is 9.23 Å². The van der Waals surface area contributed by atoms with Gasteiger partial charge in [0.2, 0.25) is 0 Å². The molecule has 0 atom stereocenters. The summed E-state index contributed by atoms with van der Waals surface area (Å²) in [6, 6.07) is 22.1. The van der Waals surface area contributed by atoms with E-state index in [2.05, 4.69) is 6.58 Å². The minimum atomic E-state index is -0.890. The van der Waals surface area contributed by atoms with Crippen LogP contribution in [0.25, 0.3) is 40.5 Å². The van der Waals surface area contributed by atoms with E-state index < -0.39 is 17.5 Å². The normalized spacial score (nSPS) is 11.1. The molecular weight excluding hydrogens is 433 g/mol. The summed E-state index contributed by atoms with van der Waals surface area (Å²) in [4.78, 5) is 0. The molecule has 0 saturated carbocycles. The molecule has 0 aromatic heterocycles. The van der Waals surface area contributed by atoms with Crippen molar-refractivity contribution in [3.05, 3.63) is 120 Å². The summed E-state index contributed by atoms with van der Waals surface area (Å²) in [6.07, 6.45) is 5.30. The van der Waals surface area contributed by atoms with Crippen molar-refractivity contribution in [2.24, 2.45) is 0 Å². The van der Waals surface area contributed by atoms with Crippen molar-refractivity contribution in [1.29, 1.82) is 0 Å². The quantitative estimate of drug-likeness (QED) is 0.253. The molecule has 0 saturated heterocycles. The summed E-state index contributed by atoms with van der Waals surface area (Å²) >= 11 is 0. The Morgan fingerprint density at radius 1 is 0.676 bits per heavy atom. The van der Waals surface area contributed by atoms with Gasteiger partial charge >= 0.3 is 0 Å². The van der Waals surface area contributed by atoms with Crippen molar-refractivity contribution < 1.29 is 17.9 Å². The van der Waals surface area contributed by atoms with Gasteiger partial charge in [0.05, 0.1) is 6.61 Å². The molecule has 0 aliphatic heterocycles. The Morgan fingerprint density at radius 2 is 1.18 bits per heavy atom. The van der Waals surface area contributed by atoms with Gasteiger partial charge in [-0.2, -0.15) is 0 Å². The Morgan fingerprint density at radius 3 is 1.68 bits per heavy atom. The zero-order valence-electron chi connectivity index (χ0n) is 18.7. The molecule has 0 aliphatic rings. The van der Waals surface area contributed by atoms with Gasteiger partial charge in [-0.15, -0.1) is 0 Å². The fourth-order valence-electron chi connectivity index (χ4n) is 3.65. The maximum absolute atomic E-state index is 14.9. The molecule has 0 N–H and O–H groups in total. The number of halogens is 3. The minimum absolute atomic E-state index is 0.188. The van der Waals surface area contributed by atoms with Gasteiger partial charge in [0.1, 0.15) is 0 Å². The van der Waals surface area contributed by atoms with E-state index in [1.54, 1.807) is 79.7 Å². The molecule has 0 spiro atoms. The van der Waals surface area contributed by atoms with Crippen LogP contribution in [0.1, 0.15) is 23.6 Å². The zero-order valence-corrected chi connectivity index (χ0v) is 18.7. The van der Waals surface area contributed by atoms with Crippen LogP contribution in [0.15, 0.2) is 85.4 Å². The minimum Gasteiger partial charge on any atom is -0.491 e. The number of hydrogen-bond acceptors (Lipinski definition) is 1. The third-order valence-electron chi connectivity index (χ3n) is 5.49. The van der Waals surface area contributed by atoms with Crippen molar-refractivity contribution >= 4 is 18.2 Å². The number of rotatable bonds is 7. The van der Waals surface area contributed by atoms with Gasteiger partial charge in [-0.25, -0.2) is 13.2 Å². The van der Waals surface area contributed by atoms with Gasteiger partial charge in [0, 0.05) is 11.1 Å². The average molecular weight is 457 g/mol. The van der Waals surface area contributed by atoms with Crippen LogP contribution in [0.5, 0.6) is 5.75 Å². The Kier molecular flexibility index (Phi) is 6.98. The van der Waals surface area contributed by atoms with Crippen molar-refractivity contribution in [1.82, 2.24) is 0 Å². The molecule has 0 amide bonds. The molecule has 4 heteroatoms. The first-order valence-corrected chi connectivity index (χ1v) is 10.9. The summed E-state index contributed by atoms with van der Waals surface area (Å²) in [5, 5.41) is 0. The molecule has 0 radical (unpaired) electrons. The second-order valence-corrected chi connectivity index (χ2v) is 7.69. The number of benzene rings is 4. The van der Waals surface area contributed by atoms with Crippen LogP contribution in [0, 0.1) is 17.5 Å². The van der Waals surface area contributed by atoms with Crippen molar-refractivity contribution in [3.63, 3.8) is 0 Å². The van der Waals surface area contributed by atoms with Crippen LogP contribution in [-0.4, -0.2) is 6.61 Å². The van der Waals surface area contributed by atoms with E-state index in [1.807, 2.05) is 18.2 Å². The fourth-order valence-corrected chi connectivity index (χ4v) is 3.65. The maximum Gasteiger partial charge on any atom is 0.167 e. The highest BCUT2D eigenvalue weighted by atomic mass is 19.2. The monoisotopic (exact) mass is 456 g/mol. The largest absolute Gasteiger partial charge is 0.491 e. The predicted molar refractivity (Wildman–Crippen MR) is 134 cm³/mol. The van der Waals surface area contributed by atoms with Gasteiger partial charge in [0.15, 0.2) is 23.2 Å². The number of hydrogen-bond donors (Lipinski definition) is 0. The molecule has 0 bridgehead atoms. The van der Waals surface area contributed by atoms with E-state index in [0.717, 1.165) is 11.1 Å². The Balaban J connectivity index is 1.54. The smallest absolute Gasteiger partial charge is 0.167 e. The van der Waals surface area contributed by atoms with Crippen molar-refractivity contribution in [2.45, 2.75) is 6.92 Å². The first-order chi connectivity index (χ1) is 16.5. The molecule has 4 rings (SSSR count). The van der Waals surface area contributed by atoms with E-state index >= 15 is 0 Å². The molecule has 4 aromatic rings. The van der Waals surface area contributed by atoms with E-state index in [-0.39, 0.29) is 16.9 Å². The van der Waals surface area contributed by atoms with Gasteiger partial charge in [0.25, 0.3) is 0 Å². The Labute approximate surface area is 197 Å². The lowest BCUT2D eigenvalue weighted by Crippen LogP contribution is -1.94. The summed E-state index contributed by atoms with van der Waals surface area (Å²) in [5.41, 5.74) is 4.00. The maximum atomic E-state index is 14.9. The average Bonchev–Trinajstić information content (AvgIpc) is 2.86. The van der Waals surface area contributed by atoms with Crippen LogP contribution < -0.4 is 4.74 Å². The standard InChI is InChI=1S/C30H23F3O/c1-3-20-7-12-23(13-8-20)25-16-17-26(30(33)29(25)32)24-14-9-21(10-15-24)5-6-22-11-18-28(34-4-2)27(31)19-22/h3,5-19H,1,4H2,2H3/b6-5+. The van der Waals surface area contributed by atoms with Gasteiger partial charge < -0.3 is 4.74 Å². The van der Waals surface area contributed by atoms with Gasteiger partial charge in [-0.1, -0.05) is 91.5 Å². The summed E-state index contributed by atoms with van der Waals surface area (Å²) in [6.45, 7) is 5.89. The highest BCUT2D eigenvalue weighted by Gasteiger charge is 2.16. The third kappa shape index (κ3) is 4.96. The molecule has 0 fully saturated rings. The molecule has 1 nitrogen and oxygen atoms in total. The van der Waals surface area contributed by atoms with Crippen molar-refractivity contribution in [3.8, 4) is 28.0 Å². The fraction of sp³-hybridized carbons (Fsp3) is 0.0667. The lowest BCUT2D eigenvalue weighted by Gasteiger charge is -2.10. The highest BCUT2D eigenvalue weighted by Crippen LogP contribution is 2.32. The molecule has 0 aliphatic carbocycles. The summed E-state index contributed by atoms with van der Waals surface area (Å²) in [5.74, 6) is -1.97. The van der Waals surface area contributed by atoms with Gasteiger partial charge in [-0.3, -0.25) is 0 Å². The van der Waals surface area contributed by atoms with E-state index in [1.165, 1.54) is 6.07 Å². The molecule has 170 valence electrons. The van der Waals surface area contributed by atoms with Gasteiger partial charge in [-0.05, 0) is 46.9 Å². The highest BCUT2D eigenvalue weighted by molar-refractivity contribution is 5.75. The SMILES string of the molecule is C=Cc1ccc(-c2ccc(-c3ccc(/C=C/c4ccc(OCC)c(F)c4)cc3)c(F)c2F)cc1. The first-order valence-electron chi connectivity index (χ1n) is 10.9. The number of ether oxygens (including phenoxy) is 1.